The Bertz CT molecular complexity index is 900. The summed E-state index contributed by atoms with van der Waals surface area (Å²) in [5, 5.41) is 3.02. The Morgan fingerprint density at radius 2 is 1.77 bits per heavy atom. The zero-order chi connectivity index (χ0) is 23.0. The lowest BCUT2D eigenvalue weighted by molar-refractivity contribution is -0.143. The third-order valence-electron chi connectivity index (χ3n) is 5.48. The van der Waals surface area contributed by atoms with Gasteiger partial charge in [0.25, 0.3) is 5.91 Å². The molecule has 2 amide bonds. The van der Waals surface area contributed by atoms with Crippen molar-refractivity contribution in [1.29, 1.82) is 0 Å². The Kier molecular flexibility index (Phi) is 9.56. The summed E-state index contributed by atoms with van der Waals surface area (Å²) in [6.45, 7) is 10.1. The van der Waals surface area contributed by atoms with Gasteiger partial charge in [-0.1, -0.05) is 54.0 Å². The molecule has 0 aliphatic rings. The lowest BCUT2D eigenvalue weighted by atomic mass is 10.1. The zero-order valence-electron chi connectivity index (χ0n) is 19.1. The number of halogens is 1. The molecule has 0 fully saturated rings. The molecular formula is C25H33BrN2O3. The van der Waals surface area contributed by atoms with E-state index >= 15 is 0 Å². The highest BCUT2D eigenvalue weighted by atomic mass is 79.9. The lowest BCUT2D eigenvalue weighted by Crippen LogP contribution is -2.51. The quantitative estimate of drug-likeness (QED) is 0.501. The maximum absolute atomic E-state index is 13.3. The van der Waals surface area contributed by atoms with Crippen molar-refractivity contribution < 1.29 is 14.3 Å². The number of amides is 2. The highest BCUT2D eigenvalue weighted by molar-refractivity contribution is 9.10. The van der Waals surface area contributed by atoms with Crippen molar-refractivity contribution in [3.63, 3.8) is 0 Å². The first-order valence-corrected chi connectivity index (χ1v) is 11.6. The number of nitrogens with zero attached hydrogens (tertiary/aromatic N) is 1. The van der Waals surface area contributed by atoms with Gasteiger partial charge >= 0.3 is 0 Å². The van der Waals surface area contributed by atoms with Crippen molar-refractivity contribution in [3.05, 3.63) is 63.6 Å². The van der Waals surface area contributed by atoms with Crippen LogP contribution < -0.4 is 10.1 Å². The fourth-order valence-corrected chi connectivity index (χ4v) is 3.51. The number of carbonyl (C=O) groups is 2. The Hall–Kier alpha value is -2.34. The number of carbonyl (C=O) groups excluding carboxylic acids is 2. The molecule has 2 aromatic rings. The van der Waals surface area contributed by atoms with E-state index in [4.69, 9.17) is 4.74 Å². The van der Waals surface area contributed by atoms with Crippen molar-refractivity contribution in [1.82, 2.24) is 10.2 Å². The van der Waals surface area contributed by atoms with Gasteiger partial charge in [-0.05, 0) is 68.5 Å². The van der Waals surface area contributed by atoms with Crippen molar-refractivity contribution in [2.45, 2.75) is 66.1 Å². The molecule has 0 aliphatic heterocycles. The second-order valence-electron chi connectivity index (χ2n) is 7.89. The molecule has 2 atom stereocenters. The predicted molar refractivity (Wildman–Crippen MR) is 128 cm³/mol. The third kappa shape index (κ3) is 7.10. The van der Waals surface area contributed by atoms with Gasteiger partial charge in [0, 0.05) is 17.1 Å². The van der Waals surface area contributed by atoms with E-state index in [9.17, 15) is 9.59 Å². The van der Waals surface area contributed by atoms with Gasteiger partial charge in [0.15, 0.2) is 6.61 Å². The summed E-state index contributed by atoms with van der Waals surface area (Å²) < 4.78 is 6.77. The van der Waals surface area contributed by atoms with Crippen molar-refractivity contribution in [3.8, 4) is 5.75 Å². The van der Waals surface area contributed by atoms with E-state index in [1.54, 1.807) is 4.90 Å². The van der Waals surface area contributed by atoms with Crippen LogP contribution in [-0.4, -0.2) is 35.4 Å². The average Bonchev–Trinajstić information content (AvgIpc) is 2.75. The molecule has 168 valence electrons. The minimum Gasteiger partial charge on any atom is -0.484 e. The molecule has 0 unspecified atom stereocenters. The highest BCUT2D eigenvalue weighted by Crippen LogP contribution is 2.22. The first-order valence-electron chi connectivity index (χ1n) is 10.8. The molecule has 0 heterocycles. The van der Waals surface area contributed by atoms with Crippen LogP contribution in [0, 0.1) is 13.8 Å². The molecule has 0 bridgehead atoms. The minimum atomic E-state index is -0.559. The van der Waals surface area contributed by atoms with Crippen LogP contribution >= 0.6 is 15.9 Å². The number of ether oxygens (including phenoxy) is 1. The van der Waals surface area contributed by atoms with Crippen LogP contribution in [0.25, 0.3) is 0 Å². The smallest absolute Gasteiger partial charge is 0.261 e. The van der Waals surface area contributed by atoms with Gasteiger partial charge in [0.05, 0.1) is 0 Å². The molecule has 5 nitrogen and oxygen atoms in total. The van der Waals surface area contributed by atoms with Gasteiger partial charge < -0.3 is 15.0 Å². The molecule has 0 radical (unpaired) electrons. The number of hydrogen-bond donors (Lipinski definition) is 1. The van der Waals surface area contributed by atoms with Crippen molar-refractivity contribution >= 4 is 27.7 Å². The van der Waals surface area contributed by atoms with E-state index in [2.05, 4.69) is 21.2 Å². The van der Waals surface area contributed by atoms with Gasteiger partial charge in [-0.25, -0.2) is 0 Å². The normalized spacial score (nSPS) is 12.7. The molecule has 0 aliphatic carbocycles. The number of nitrogens with one attached hydrogen (secondary N) is 1. The summed E-state index contributed by atoms with van der Waals surface area (Å²) >= 11 is 3.47. The van der Waals surface area contributed by atoms with Gasteiger partial charge in [-0.3, -0.25) is 9.59 Å². The summed E-state index contributed by atoms with van der Waals surface area (Å²) in [7, 11) is 0. The number of rotatable bonds is 10. The minimum absolute atomic E-state index is 0.0546. The van der Waals surface area contributed by atoms with Gasteiger partial charge in [-0.2, -0.15) is 0 Å². The van der Waals surface area contributed by atoms with Crippen LogP contribution in [0.3, 0.4) is 0 Å². The molecular weight excluding hydrogens is 456 g/mol. The van der Waals surface area contributed by atoms with E-state index in [1.165, 1.54) is 0 Å². The van der Waals surface area contributed by atoms with Crippen LogP contribution in [0.2, 0.25) is 0 Å². The standard InChI is InChI=1S/C25H33BrN2O3/c1-6-19(5)27-25(30)23(7-2)28(15-20-11-9-8-10-17(20)3)24(29)16-31-21-12-13-22(26)18(4)14-21/h8-14,19,23H,6-7,15-16H2,1-5H3,(H,27,30)/t19-,23-/m0/s1. The van der Waals surface area contributed by atoms with E-state index in [0.29, 0.717) is 18.7 Å². The summed E-state index contributed by atoms with van der Waals surface area (Å²) in [4.78, 5) is 27.9. The Balaban J connectivity index is 2.24. The molecule has 6 heteroatoms. The fraction of sp³-hybridized carbons (Fsp3) is 0.440. The molecule has 0 saturated carbocycles. The van der Waals surface area contributed by atoms with Crippen LogP contribution in [0.15, 0.2) is 46.9 Å². The molecule has 0 aromatic heterocycles. The van der Waals surface area contributed by atoms with E-state index in [1.807, 2.05) is 77.1 Å². The Labute approximate surface area is 194 Å². The van der Waals surface area contributed by atoms with Crippen LogP contribution in [0.1, 0.15) is 50.3 Å². The lowest BCUT2D eigenvalue weighted by Gasteiger charge is -2.31. The summed E-state index contributed by atoms with van der Waals surface area (Å²) in [5.41, 5.74) is 3.13. The Morgan fingerprint density at radius 3 is 2.39 bits per heavy atom. The largest absolute Gasteiger partial charge is 0.484 e. The van der Waals surface area contributed by atoms with E-state index in [-0.39, 0.29) is 24.5 Å². The van der Waals surface area contributed by atoms with Crippen LogP contribution in [0.5, 0.6) is 5.75 Å². The summed E-state index contributed by atoms with van der Waals surface area (Å²) in [6.07, 6.45) is 1.36. The van der Waals surface area contributed by atoms with Gasteiger partial charge in [0.2, 0.25) is 5.91 Å². The van der Waals surface area contributed by atoms with E-state index in [0.717, 1.165) is 27.6 Å². The second-order valence-corrected chi connectivity index (χ2v) is 8.74. The van der Waals surface area contributed by atoms with Gasteiger partial charge in [-0.15, -0.1) is 0 Å². The number of hydrogen-bond acceptors (Lipinski definition) is 3. The maximum atomic E-state index is 13.3. The van der Waals surface area contributed by atoms with Crippen LogP contribution in [0.4, 0.5) is 0 Å². The average molecular weight is 489 g/mol. The monoisotopic (exact) mass is 488 g/mol. The van der Waals surface area contributed by atoms with Gasteiger partial charge in [0.1, 0.15) is 11.8 Å². The first-order chi connectivity index (χ1) is 14.8. The van der Waals surface area contributed by atoms with Crippen molar-refractivity contribution in [2.75, 3.05) is 6.61 Å². The van der Waals surface area contributed by atoms with Crippen LogP contribution in [-0.2, 0) is 16.1 Å². The summed E-state index contributed by atoms with van der Waals surface area (Å²) in [6, 6.07) is 13.0. The topological polar surface area (TPSA) is 58.6 Å². The zero-order valence-corrected chi connectivity index (χ0v) is 20.7. The molecule has 0 spiro atoms. The van der Waals surface area contributed by atoms with Crippen molar-refractivity contribution in [2.24, 2.45) is 0 Å². The molecule has 31 heavy (non-hydrogen) atoms. The number of benzene rings is 2. The predicted octanol–water partition coefficient (Wildman–Crippen LogP) is 5.17. The fourth-order valence-electron chi connectivity index (χ4n) is 3.27. The second kappa shape index (κ2) is 11.9. The molecule has 2 rings (SSSR count). The first kappa shape index (κ1) is 24.9. The maximum Gasteiger partial charge on any atom is 0.261 e. The molecule has 2 aromatic carbocycles. The molecule has 0 saturated heterocycles. The third-order valence-corrected chi connectivity index (χ3v) is 6.37. The molecule has 1 N–H and O–H groups in total. The van der Waals surface area contributed by atoms with E-state index < -0.39 is 6.04 Å². The number of aryl methyl sites for hydroxylation is 2. The Morgan fingerprint density at radius 1 is 1.06 bits per heavy atom. The summed E-state index contributed by atoms with van der Waals surface area (Å²) in [5.74, 6) is 0.287. The SMILES string of the molecule is CC[C@H](C)NC(=O)[C@H](CC)N(Cc1ccccc1C)C(=O)COc1ccc(Br)c(C)c1. The highest BCUT2D eigenvalue weighted by Gasteiger charge is 2.29.